The second kappa shape index (κ2) is 50.6. The van der Waals surface area contributed by atoms with Gasteiger partial charge in [-0.2, -0.15) is 0 Å². The molecule has 7 unspecified atom stereocenters. The first-order valence-electron chi connectivity index (χ1n) is 28.1. The van der Waals surface area contributed by atoms with Gasteiger partial charge in [0.2, 0.25) is 5.91 Å². The van der Waals surface area contributed by atoms with Crippen LogP contribution in [-0.2, 0) is 14.3 Å². The summed E-state index contributed by atoms with van der Waals surface area (Å²) in [4.78, 5) is 13.0. The Bertz CT molecular complexity index is 1630. The molecular formula is C63H101NO8. The van der Waals surface area contributed by atoms with E-state index in [1.54, 1.807) is 6.08 Å². The maximum absolute atomic E-state index is 13.0. The van der Waals surface area contributed by atoms with E-state index in [0.717, 1.165) is 122 Å². The molecule has 0 aromatic carbocycles. The predicted molar refractivity (Wildman–Crippen MR) is 303 cm³/mol. The smallest absolute Gasteiger partial charge is 0.220 e. The van der Waals surface area contributed by atoms with Crippen LogP contribution in [0.4, 0.5) is 0 Å². The minimum atomic E-state index is -1.59. The van der Waals surface area contributed by atoms with Crippen LogP contribution in [0.2, 0.25) is 0 Å². The molecule has 0 aromatic heterocycles. The van der Waals surface area contributed by atoms with Crippen LogP contribution in [0.1, 0.15) is 187 Å². The van der Waals surface area contributed by atoms with Crippen molar-refractivity contribution >= 4 is 5.91 Å². The van der Waals surface area contributed by atoms with Crippen LogP contribution in [0, 0.1) is 0 Å². The standard InChI is InChI=1S/C63H101NO8/c1-3-5-7-9-11-13-15-17-19-20-21-22-23-24-25-26-27-28-29-30-31-32-33-34-35-36-37-38-39-41-43-45-47-49-51-53-59(67)64-56(55-71-63-62(70)61(69)60(68)58(54-65)72-63)57(66)52-50-48-46-44-42-40-18-16-14-12-10-8-6-4-2/h5,7,11,13-14,16-17,19,21-22,24-25,27-28,30-31,33-34,36-37,42,44,50,52,56-58,60-63,65-66,68-70H,3-4,6,8-10,12,15,18,20,23,26,29,32,35,38-41,43,45-49,51,53-55H2,1-2H3,(H,64,67)/b7-5-,13-11-,16-14+,19-17-,22-21-,25-24-,28-27-,31-30-,34-33-,37-36-,44-42+,52-50+. The van der Waals surface area contributed by atoms with E-state index in [1.807, 2.05) is 6.08 Å². The fourth-order valence-electron chi connectivity index (χ4n) is 7.71. The van der Waals surface area contributed by atoms with Crippen molar-refractivity contribution < 1.29 is 39.8 Å². The number of rotatable bonds is 45. The molecule has 406 valence electrons. The fraction of sp³-hybridized carbons (Fsp3) is 0.603. The highest BCUT2D eigenvalue weighted by atomic mass is 16.7. The fourth-order valence-corrected chi connectivity index (χ4v) is 7.71. The van der Waals surface area contributed by atoms with Crippen molar-refractivity contribution in [1.82, 2.24) is 5.32 Å². The van der Waals surface area contributed by atoms with Crippen molar-refractivity contribution in [2.24, 2.45) is 0 Å². The van der Waals surface area contributed by atoms with Gasteiger partial charge in [-0.05, 0) is 116 Å². The van der Waals surface area contributed by atoms with Crippen LogP contribution in [0.3, 0.4) is 0 Å². The average molecular weight is 1000 g/mol. The van der Waals surface area contributed by atoms with E-state index in [9.17, 15) is 30.3 Å². The molecule has 0 aliphatic carbocycles. The van der Waals surface area contributed by atoms with Gasteiger partial charge < -0.3 is 40.3 Å². The number of amides is 1. The van der Waals surface area contributed by atoms with Crippen LogP contribution in [0.25, 0.3) is 0 Å². The van der Waals surface area contributed by atoms with E-state index in [2.05, 4.69) is 153 Å². The zero-order chi connectivity index (χ0) is 52.2. The van der Waals surface area contributed by atoms with Gasteiger partial charge in [0.25, 0.3) is 0 Å². The summed E-state index contributed by atoms with van der Waals surface area (Å²) >= 11 is 0. The Hall–Kier alpha value is -3.93. The van der Waals surface area contributed by atoms with Crippen LogP contribution >= 0.6 is 0 Å². The lowest BCUT2D eigenvalue weighted by molar-refractivity contribution is -0.302. The van der Waals surface area contributed by atoms with Gasteiger partial charge in [-0.3, -0.25) is 4.79 Å². The van der Waals surface area contributed by atoms with Crippen LogP contribution in [-0.4, -0.2) is 87.5 Å². The molecular weight excluding hydrogens is 899 g/mol. The van der Waals surface area contributed by atoms with Crippen LogP contribution < -0.4 is 5.32 Å². The summed E-state index contributed by atoms with van der Waals surface area (Å²) in [6.07, 6.45) is 71.9. The Morgan fingerprint density at radius 2 is 0.875 bits per heavy atom. The Labute approximate surface area is 438 Å². The number of nitrogens with one attached hydrogen (secondary N) is 1. The quantitative estimate of drug-likeness (QED) is 0.0261. The Morgan fingerprint density at radius 3 is 1.33 bits per heavy atom. The van der Waals surface area contributed by atoms with Crippen molar-refractivity contribution in [1.29, 1.82) is 0 Å². The van der Waals surface area contributed by atoms with E-state index in [-0.39, 0.29) is 12.5 Å². The third kappa shape index (κ3) is 39.6. The molecule has 1 saturated heterocycles. The normalized spacial score (nSPS) is 20.3. The van der Waals surface area contributed by atoms with Crippen LogP contribution in [0.15, 0.2) is 146 Å². The van der Waals surface area contributed by atoms with Gasteiger partial charge in [-0.1, -0.05) is 211 Å². The molecule has 0 radical (unpaired) electrons. The molecule has 1 fully saturated rings. The highest BCUT2D eigenvalue weighted by Gasteiger charge is 2.44. The van der Waals surface area contributed by atoms with Gasteiger partial charge >= 0.3 is 0 Å². The zero-order valence-electron chi connectivity index (χ0n) is 44.9. The number of allylic oxidation sites excluding steroid dienone is 23. The number of aliphatic hydroxyl groups excluding tert-OH is 5. The topological polar surface area (TPSA) is 149 Å². The Balaban J connectivity index is 2.23. The van der Waals surface area contributed by atoms with E-state index in [4.69, 9.17) is 9.47 Å². The number of hydrogen-bond donors (Lipinski definition) is 6. The minimum absolute atomic E-state index is 0.210. The monoisotopic (exact) mass is 1000 g/mol. The van der Waals surface area contributed by atoms with Gasteiger partial charge in [0.05, 0.1) is 25.4 Å². The maximum Gasteiger partial charge on any atom is 0.220 e. The first kappa shape index (κ1) is 66.1. The Kier molecular flexibility index (Phi) is 46.4. The number of carbonyl (C=O) groups excluding carboxylic acids is 1. The first-order chi connectivity index (χ1) is 35.3. The number of unbranched alkanes of at least 4 members (excludes halogenated alkanes) is 13. The highest BCUT2D eigenvalue weighted by Crippen LogP contribution is 2.22. The molecule has 9 nitrogen and oxygen atoms in total. The summed E-state index contributed by atoms with van der Waals surface area (Å²) in [5.41, 5.74) is 0. The van der Waals surface area contributed by atoms with Gasteiger partial charge in [-0.25, -0.2) is 0 Å². The molecule has 1 aliphatic heterocycles. The third-order valence-corrected chi connectivity index (χ3v) is 12.1. The van der Waals surface area contributed by atoms with Crippen molar-refractivity contribution in [3.8, 4) is 0 Å². The van der Waals surface area contributed by atoms with E-state index >= 15 is 0 Å². The van der Waals surface area contributed by atoms with E-state index < -0.39 is 49.5 Å². The predicted octanol–water partition coefficient (Wildman–Crippen LogP) is 13.9. The lowest BCUT2D eigenvalue weighted by Crippen LogP contribution is -2.60. The molecule has 1 aliphatic rings. The highest BCUT2D eigenvalue weighted by molar-refractivity contribution is 5.76. The summed E-state index contributed by atoms with van der Waals surface area (Å²) in [6, 6.07) is -0.845. The lowest BCUT2D eigenvalue weighted by atomic mass is 9.99. The minimum Gasteiger partial charge on any atom is -0.394 e. The van der Waals surface area contributed by atoms with Crippen molar-refractivity contribution in [2.45, 2.75) is 230 Å². The van der Waals surface area contributed by atoms with Crippen LogP contribution in [0.5, 0.6) is 0 Å². The summed E-state index contributed by atoms with van der Waals surface area (Å²) in [7, 11) is 0. The molecule has 0 saturated carbocycles. The molecule has 9 heteroatoms. The molecule has 1 rings (SSSR count). The molecule has 6 N–H and O–H groups in total. The van der Waals surface area contributed by atoms with Crippen molar-refractivity contribution in [3.63, 3.8) is 0 Å². The zero-order valence-corrected chi connectivity index (χ0v) is 44.9. The third-order valence-electron chi connectivity index (χ3n) is 12.1. The first-order valence-corrected chi connectivity index (χ1v) is 28.1. The molecule has 0 bridgehead atoms. The largest absolute Gasteiger partial charge is 0.394 e. The van der Waals surface area contributed by atoms with E-state index in [1.165, 1.54) is 44.9 Å². The maximum atomic E-state index is 13.0. The van der Waals surface area contributed by atoms with Crippen molar-refractivity contribution in [2.75, 3.05) is 13.2 Å². The van der Waals surface area contributed by atoms with Crippen molar-refractivity contribution in [3.05, 3.63) is 146 Å². The van der Waals surface area contributed by atoms with Gasteiger partial charge in [-0.15, -0.1) is 0 Å². The van der Waals surface area contributed by atoms with Gasteiger partial charge in [0.1, 0.15) is 24.4 Å². The van der Waals surface area contributed by atoms with Gasteiger partial charge in [0.15, 0.2) is 6.29 Å². The number of aliphatic hydroxyl groups is 5. The molecule has 0 spiro atoms. The number of hydrogen-bond acceptors (Lipinski definition) is 8. The summed E-state index contributed by atoms with van der Waals surface area (Å²) in [5.74, 6) is -0.210. The van der Waals surface area contributed by atoms with Gasteiger partial charge in [0, 0.05) is 6.42 Å². The SMILES string of the molecule is CC/C=C\C/C=C\C/C=C\C/C=C\C/C=C\C/C=C\C/C=C\C/C=C\C/C=C\CCCCCCCCCC(=O)NC(COC1OC(CO)C(O)C(O)C1O)C(O)/C=C/CC/C=C/CC/C=C/CCCCCC. The number of carbonyl (C=O) groups is 1. The van der Waals surface area contributed by atoms with E-state index in [0.29, 0.717) is 6.42 Å². The molecule has 1 amide bonds. The summed E-state index contributed by atoms with van der Waals surface area (Å²) in [5, 5.41) is 54.3. The second-order valence-corrected chi connectivity index (χ2v) is 18.6. The second-order valence-electron chi connectivity index (χ2n) is 18.6. The molecule has 72 heavy (non-hydrogen) atoms. The Morgan fingerprint density at radius 1 is 0.486 bits per heavy atom. The molecule has 7 atom stereocenters. The molecule has 1 heterocycles. The number of ether oxygens (including phenoxy) is 2. The summed E-state index contributed by atoms with van der Waals surface area (Å²) in [6.45, 7) is 3.59. The lowest BCUT2D eigenvalue weighted by Gasteiger charge is -2.40. The average Bonchev–Trinajstić information content (AvgIpc) is 3.38. The summed E-state index contributed by atoms with van der Waals surface area (Å²) < 4.78 is 11.2. The molecule has 0 aromatic rings.